The number of nitrogens with one attached hydrogen (secondary N) is 2. The van der Waals surface area contributed by atoms with Gasteiger partial charge in [0, 0.05) is 18.4 Å². The first-order chi connectivity index (χ1) is 9.74. The molecule has 1 aromatic carbocycles. The maximum atomic E-state index is 4.50. The summed E-state index contributed by atoms with van der Waals surface area (Å²) in [7, 11) is 0. The van der Waals surface area contributed by atoms with Crippen LogP contribution in [0.4, 0.5) is 17.5 Å². The number of aromatic nitrogens is 2. The van der Waals surface area contributed by atoms with E-state index in [1.54, 1.807) is 6.20 Å². The second-order valence-electron chi connectivity index (χ2n) is 4.45. The van der Waals surface area contributed by atoms with Gasteiger partial charge in [0.15, 0.2) is 0 Å². The van der Waals surface area contributed by atoms with E-state index in [2.05, 4.69) is 62.5 Å². The summed E-state index contributed by atoms with van der Waals surface area (Å²) in [5, 5.41) is 6.56. The summed E-state index contributed by atoms with van der Waals surface area (Å²) in [6.07, 6.45) is 3.79. The van der Waals surface area contributed by atoms with Gasteiger partial charge in [-0.25, -0.2) is 4.98 Å². The fourth-order valence-electron chi connectivity index (χ4n) is 1.85. The van der Waals surface area contributed by atoms with Crippen molar-refractivity contribution in [2.24, 2.45) is 0 Å². The molecule has 1 aromatic heterocycles. The van der Waals surface area contributed by atoms with Crippen LogP contribution in [-0.2, 0) is 6.42 Å². The van der Waals surface area contributed by atoms with E-state index in [4.69, 9.17) is 0 Å². The molecule has 0 saturated heterocycles. The van der Waals surface area contributed by atoms with E-state index in [1.807, 2.05) is 12.1 Å². The molecule has 106 valence electrons. The Morgan fingerprint density at radius 2 is 2.00 bits per heavy atom. The maximum Gasteiger partial charge on any atom is 0.224 e. The molecule has 20 heavy (non-hydrogen) atoms. The van der Waals surface area contributed by atoms with Crippen molar-refractivity contribution in [3.05, 3.63) is 40.5 Å². The Labute approximate surface area is 128 Å². The lowest BCUT2D eigenvalue weighted by Gasteiger charge is -2.12. The average molecular weight is 335 g/mol. The van der Waals surface area contributed by atoms with E-state index < -0.39 is 0 Å². The molecule has 0 atom stereocenters. The number of hydrogen-bond acceptors (Lipinski definition) is 4. The van der Waals surface area contributed by atoms with Crippen molar-refractivity contribution < 1.29 is 0 Å². The Balaban J connectivity index is 2.23. The summed E-state index contributed by atoms with van der Waals surface area (Å²) in [6, 6.07) is 8.25. The molecule has 0 saturated carbocycles. The van der Waals surface area contributed by atoms with Gasteiger partial charge in [0.25, 0.3) is 0 Å². The van der Waals surface area contributed by atoms with Gasteiger partial charge in [0.1, 0.15) is 5.82 Å². The second kappa shape index (κ2) is 7.24. The number of para-hydroxylation sites is 1. The third kappa shape index (κ3) is 3.70. The van der Waals surface area contributed by atoms with Crippen LogP contribution < -0.4 is 10.6 Å². The van der Waals surface area contributed by atoms with Crippen LogP contribution in [0.5, 0.6) is 0 Å². The molecule has 2 rings (SSSR count). The van der Waals surface area contributed by atoms with Gasteiger partial charge in [-0.1, -0.05) is 32.0 Å². The van der Waals surface area contributed by atoms with Crippen molar-refractivity contribution in [3.8, 4) is 0 Å². The fourth-order valence-corrected chi connectivity index (χ4v) is 2.15. The Morgan fingerprint density at radius 3 is 2.75 bits per heavy atom. The highest BCUT2D eigenvalue weighted by Crippen LogP contribution is 2.26. The highest BCUT2D eigenvalue weighted by molar-refractivity contribution is 9.10. The molecule has 5 heteroatoms. The molecule has 0 fully saturated rings. The zero-order valence-electron chi connectivity index (χ0n) is 11.8. The number of anilines is 3. The number of benzene rings is 1. The van der Waals surface area contributed by atoms with Gasteiger partial charge in [-0.2, -0.15) is 4.98 Å². The van der Waals surface area contributed by atoms with Crippen LogP contribution in [0, 0.1) is 0 Å². The minimum absolute atomic E-state index is 0.645. The molecule has 2 aromatic rings. The molecule has 0 aliphatic rings. The molecule has 0 aliphatic carbocycles. The van der Waals surface area contributed by atoms with Crippen LogP contribution in [0.25, 0.3) is 0 Å². The van der Waals surface area contributed by atoms with Crippen molar-refractivity contribution in [1.82, 2.24) is 9.97 Å². The van der Waals surface area contributed by atoms with E-state index in [1.165, 1.54) is 5.56 Å². The summed E-state index contributed by atoms with van der Waals surface area (Å²) >= 11 is 3.49. The summed E-state index contributed by atoms with van der Waals surface area (Å²) in [5.41, 5.74) is 2.34. The third-order valence-corrected chi connectivity index (χ3v) is 3.51. The maximum absolute atomic E-state index is 4.50. The number of halogens is 1. The number of aryl methyl sites for hydroxylation is 1. The van der Waals surface area contributed by atoms with Gasteiger partial charge in [-0.05, 0) is 40.4 Å². The molecular weight excluding hydrogens is 316 g/mol. The van der Waals surface area contributed by atoms with Gasteiger partial charge >= 0.3 is 0 Å². The monoisotopic (exact) mass is 334 g/mol. The van der Waals surface area contributed by atoms with E-state index in [0.717, 1.165) is 35.4 Å². The van der Waals surface area contributed by atoms with Crippen molar-refractivity contribution in [1.29, 1.82) is 0 Å². The van der Waals surface area contributed by atoms with Crippen LogP contribution in [0.1, 0.15) is 25.8 Å². The Kier molecular flexibility index (Phi) is 5.35. The summed E-state index contributed by atoms with van der Waals surface area (Å²) < 4.78 is 0.852. The van der Waals surface area contributed by atoms with Gasteiger partial charge in [0.05, 0.1) is 4.47 Å². The molecular formula is C15H19BrN4. The predicted octanol–water partition coefficient (Wildman–Crippen LogP) is 4.37. The van der Waals surface area contributed by atoms with Gasteiger partial charge in [-0.3, -0.25) is 0 Å². The number of nitrogens with zero attached hydrogens (tertiary/aromatic N) is 2. The Morgan fingerprint density at radius 1 is 1.20 bits per heavy atom. The molecule has 0 radical (unpaired) electrons. The quantitative estimate of drug-likeness (QED) is 0.823. The lowest BCUT2D eigenvalue weighted by molar-refractivity contribution is 0.952. The molecule has 0 unspecified atom stereocenters. The first-order valence-corrected chi connectivity index (χ1v) is 7.65. The molecule has 1 heterocycles. The summed E-state index contributed by atoms with van der Waals surface area (Å²) in [4.78, 5) is 8.75. The van der Waals surface area contributed by atoms with Crippen LogP contribution in [0.2, 0.25) is 0 Å². The number of hydrogen-bond donors (Lipinski definition) is 2. The first-order valence-electron chi connectivity index (χ1n) is 6.86. The minimum Gasteiger partial charge on any atom is -0.354 e. The lowest BCUT2D eigenvalue weighted by atomic mass is 10.1. The zero-order valence-corrected chi connectivity index (χ0v) is 13.4. The van der Waals surface area contributed by atoms with Crippen LogP contribution in [0.15, 0.2) is 34.9 Å². The van der Waals surface area contributed by atoms with E-state index >= 15 is 0 Å². The van der Waals surface area contributed by atoms with Gasteiger partial charge in [-0.15, -0.1) is 0 Å². The zero-order chi connectivity index (χ0) is 14.4. The minimum atomic E-state index is 0.645. The smallest absolute Gasteiger partial charge is 0.224 e. The molecule has 0 bridgehead atoms. The van der Waals surface area contributed by atoms with Gasteiger partial charge < -0.3 is 10.6 Å². The van der Waals surface area contributed by atoms with E-state index in [-0.39, 0.29) is 0 Å². The van der Waals surface area contributed by atoms with Crippen molar-refractivity contribution in [2.75, 3.05) is 17.2 Å². The van der Waals surface area contributed by atoms with Crippen molar-refractivity contribution in [2.45, 2.75) is 26.7 Å². The van der Waals surface area contributed by atoms with Crippen molar-refractivity contribution in [3.63, 3.8) is 0 Å². The highest BCUT2D eigenvalue weighted by Gasteiger charge is 2.07. The van der Waals surface area contributed by atoms with Gasteiger partial charge in [0.2, 0.25) is 5.95 Å². The van der Waals surface area contributed by atoms with Crippen LogP contribution >= 0.6 is 15.9 Å². The number of rotatable bonds is 6. The fraction of sp³-hybridized carbons (Fsp3) is 0.333. The SMILES string of the molecule is CCCNc1ncc(Br)c(Nc2ccccc2CC)n1. The normalized spacial score (nSPS) is 10.3. The second-order valence-corrected chi connectivity index (χ2v) is 5.31. The average Bonchev–Trinajstić information content (AvgIpc) is 2.48. The largest absolute Gasteiger partial charge is 0.354 e. The standard InChI is InChI=1S/C15H19BrN4/c1-3-9-17-15-18-10-12(16)14(20-15)19-13-8-6-5-7-11(13)4-2/h5-8,10H,3-4,9H2,1-2H3,(H2,17,18,19,20). The van der Waals surface area contributed by atoms with Crippen LogP contribution in [-0.4, -0.2) is 16.5 Å². The van der Waals surface area contributed by atoms with E-state index in [9.17, 15) is 0 Å². The molecule has 2 N–H and O–H groups in total. The lowest BCUT2D eigenvalue weighted by Crippen LogP contribution is -2.06. The molecule has 0 spiro atoms. The highest BCUT2D eigenvalue weighted by atomic mass is 79.9. The first kappa shape index (κ1) is 14.8. The van der Waals surface area contributed by atoms with E-state index in [0.29, 0.717) is 5.95 Å². The summed E-state index contributed by atoms with van der Waals surface area (Å²) in [6.45, 7) is 5.12. The molecule has 0 amide bonds. The molecule has 0 aliphatic heterocycles. The van der Waals surface area contributed by atoms with Crippen LogP contribution in [0.3, 0.4) is 0 Å². The van der Waals surface area contributed by atoms with Crippen molar-refractivity contribution >= 4 is 33.4 Å². The summed E-state index contributed by atoms with van der Waals surface area (Å²) in [5.74, 6) is 1.42. The Hall–Kier alpha value is -1.62. The predicted molar refractivity (Wildman–Crippen MR) is 87.6 cm³/mol. The third-order valence-electron chi connectivity index (χ3n) is 2.93. The Bertz CT molecular complexity index is 572. The topological polar surface area (TPSA) is 49.8 Å². The molecule has 4 nitrogen and oxygen atoms in total.